The van der Waals surface area contributed by atoms with Crippen LogP contribution in [0.25, 0.3) is 0 Å². The summed E-state index contributed by atoms with van der Waals surface area (Å²) < 4.78 is 5.09. The van der Waals surface area contributed by atoms with Gasteiger partial charge in [-0.3, -0.25) is 4.79 Å². The van der Waals surface area contributed by atoms with Gasteiger partial charge in [0.2, 0.25) is 0 Å². The molecule has 0 aromatic heterocycles. The first-order valence-corrected chi connectivity index (χ1v) is 3.83. The van der Waals surface area contributed by atoms with Gasteiger partial charge in [-0.25, -0.2) is 0 Å². The zero-order valence-corrected chi connectivity index (χ0v) is 6.82. The number of carbonyl (C=O) groups excluding carboxylic acids is 1. The van der Waals surface area contributed by atoms with E-state index in [4.69, 9.17) is 10.5 Å². The highest BCUT2D eigenvalue weighted by Gasteiger charge is 2.23. The lowest BCUT2D eigenvalue weighted by Crippen LogP contribution is -2.41. The quantitative estimate of drug-likeness (QED) is 0.527. The lowest BCUT2D eigenvalue weighted by atomic mass is 10.2. The minimum Gasteiger partial charge on any atom is -0.376 e. The highest BCUT2D eigenvalue weighted by atomic mass is 32.1. The van der Waals surface area contributed by atoms with Crippen LogP contribution in [0.15, 0.2) is 0 Å². The Bertz CT molecular complexity index is 177. The second-order valence-electron chi connectivity index (χ2n) is 2.36. The minimum atomic E-state index is -0.350. The predicted octanol–water partition coefficient (Wildman–Crippen LogP) is -0.475. The van der Waals surface area contributed by atoms with Gasteiger partial charge in [0, 0.05) is 6.61 Å². The van der Waals surface area contributed by atoms with Crippen LogP contribution in [-0.4, -0.2) is 23.7 Å². The molecule has 0 radical (unpaired) electrons. The third kappa shape index (κ3) is 2.44. The maximum Gasteiger partial charge on any atom is 0.255 e. The molecule has 1 atom stereocenters. The fourth-order valence-electron chi connectivity index (χ4n) is 0.986. The molecule has 0 spiro atoms. The third-order valence-electron chi connectivity index (χ3n) is 1.47. The largest absolute Gasteiger partial charge is 0.376 e. The Morgan fingerprint density at radius 1 is 1.73 bits per heavy atom. The average Bonchev–Trinajstić information content (AvgIpc) is 2.35. The lowest BCUT2D eigenvalue weighted by Gasteiger charge is -2.07. The van der Waals surface area contributed by atoms with Crippen molar-refractivity contribution in [2.24, 2.45) is 5.73 Å². The molecule has 62 valence electrons. The Morgan fingerprint density at radius 2 is 2.45 bits per heavy atom. The third-order valence-corrected chi connectivity index (χ3v) is 1.57. The van der Waals surface area contributed by atoms with E-state index in [0.29, 0.717) is 6.61 Å². The normalized spacial score (nSPS) is 23.1. The number of nitrogens with two attached hydrogens (primary N) is 1. The van der Waals surface area contributed by atoms with Crippen molar-refractivity contribution in [3.63, 3.8) is 0 Å². The van der Waals surface area contributed by atoms with Gasteiger partial charge in [0.1, 0.15) is 6.10 Å². The Kier molecular flexibility index (Phi) is 2.78. The molecule has 1 saturated heterocycles. The summed E-state index contributed by atoms with van der Waals surface area (Å²) in [5.41, 5.74) is 5.10. The smallest absolute Gasteiger partial charge is 0.255 e. The molecule has 1 aliphatic rings. The molecule has 1 rings (SSSR count). The number of hydrogen-bond donors (Lipinski definition) is 2. The van der Waals surface area contributed by atoms with Crippen LogP contribution in [0.3, 0.4) is 0 Å². The Balaban J connectivity index is 2.34. The number of hydrogen-bond acceptors (Lipinski definition) is 3. The van der Waals surface area contributed by atoms with Crippen LogP contribution in [0.2, 0.25) is 0 Å². The molecule has 1 amide bonds. The second kappa shape index (κ2) is 3.64. The Morgan fingerprint density at radius 3 is 2.91 bits per heavy atom. The topological polar surface area (TPSA) is 64.3 Å². The molecule has 5 heteroatoms. The van der Waals surface area contributed by atoms with E-state index in [9.17, 15) is 4.79 Å². The molecule has 1 heterocycles. The number of thiocarbonyl (C=S) groups is 1. The van der Waals surface area contributed by atoms with Gasteiger partial charge >= 0.3 is 0 Å². The van der Waals surface area contributed by atoms with E-state index >= 15 is 0 Å². The van der Waals surface area contributed by atoms with Crippen molar-refractivity contribution < 1.29 is 9.53 Å². The highest BCUT2D eigenvalue weighted by molar-refractivity contribution is 7.80. The Hall–Kier alpha value is -0.680. The first-order chi connectivity index (χ1) is 5.20. The van der Waals surface area contributed by atoms with E-state index < -0.39 is 0 Å². The highest BCUT2D eigenvalue weighted by Crippen LogP contribution is 2.11. The van der Waals surface area contributed by atoms with Crippen LogP contribution >= 0.6 is 12.2 Å². The summed E-state index contributed by atoms with van der Waals surface area (Å²) in [6, 6.07) is 0. The summed E-state index contributed by atoms with van der Waals surface area (Å²) in [5, 5.41) is 2.34. The van der Waals surface area contributed by atoms with Gasteiger partial charge in [-0.05, 0) is 25.1 Å². The minimum absolute atomic E-state index is 0.00509. The summed E-state index contributed by atoms with van der Waals surface area (Å²) in [5.74, 6) is -0.227. The zero-order valence-electron chi connectivity index (χ0n) is 6.00. The Labute approximate surface area is 70.1 Å². The SMILES string of the molecule is NC(=S)NC(=O)C1CCCO1. The van der Waals surface area contributed by atoms with Crippen molar-refractivity contribution in [3.8, 4) is 0 Å². The van der Waals surface area contributed by atoms with Crippen LogP contribution in [0, 0.1) is 0 Å². The van der Waals surface area contributed by atoms with Crippen molar-refractivity contribution in [1.82, 2.24) is 5.32 Å². The standard InChI is InChI=1S/C6H10N2O2S/c7-6(11)8-5(9)4-2-1-3-10-4/h4H,1-3H2,(H3,7,8,9,11). The monoisotopic (exact) mass is 174 g/mol. The van der Waals surface area contributed by atoms with Crippen LogP contribution < -0.4 is 11.1 Å². The van der Waals surface area contributed by atoms with Crippen molar-refractivity contribution >= 4 is 23.2 Å². The van der Waals surface area contributed by atoms with Crippen molar-refractivity contribution in [2.45, 2.75) is 18.9 Å². The maximum atomic E-state index is 11.1. The molecular formula is C6H10N2O2S. The van der Waals surface area contributed by atoms with Gasteiger partial charge in [-0.1, -0.05) is 0 Å². The van der Waals surface area contributed by atoms with E-state index in [2.05, 4.69) is 17.5 Å². The van der Waals surface area contributed by atoms with Crippen LogP contribution in [0.5, 0.6) is 0 Å². The lowest BCUT2D eigenvalue weighted by molar-refractivity contribution is -0.128. The first-order valence-electron chi connectivity index (χ1n) is 3.42. The molecule has 0 aliphatic carbocycles. The molecule has 4 nitrogen and oxygen atoms in total. The number of carbonyl (C=O) groups is 1. The zero-order chi connectivity index (χ0) is 8.27. The number of ether oxygens (including phenoxy) is 1. The molecule has 3 N–H and O–H groups in total. The van der Waals surface area contributed by atoms with E-state index in [1.807, 2.05) is 0 Å². The van der Waals surface area contributed by atoms with Gasteiger partial charge in [0.25, 0.3) is 5.91 Å². The van der Waals surface area contributed by atoms with Gasteiger partial charge in [-0.2, -0.15) is 0 Å². The summed E-state index contributed by atoms with van der Waals surface area (Å²) in [6.45, 7) is 0.648. The molecule has 0 aromatic rings. The first kappa shape index (κ1) is 8.42. The molecule has 1 fully saturated rings. The summed E-state index contributed by atoms with van der Waals surface area (Å²) in [7, 11) is 0. The number of amides is 1. The van der Waals surface area contributed by atoms with Crippen LogP contribution in [0.1, 0.15) is 12.8 Å². The summed E-state index contributed by atoms with van der Waals surface area (Å²) >= 11 is 4.50. The fraction of sp³-hybridized carbons (Fsp3) is 0.667. The van der Waals surface area contributed by atoms with E-state index in [1.165, 1.54) is 0 Å². The molecule has 0 saturated carbocycles. The van der Waals surface area contributed by atoms with Gasteiger partial charge < -0.3 is 15.8 Å². The molecular weight excluding hydrogens is 164 g/mol. The summed E-state index contributed by atoms with van der Waals surface area (Å²) in [6.07, 6.45) is 1.33. The molecule has 0 aromatic carbocycles. The molecule has 0 bridgehead atoms. The van der Waals surface area contributed by atoms with Gasteiger partial charge in [0.05, 0.1) is 0 Å². The van der Waals surface area contributed by atoms with E-state index in [-0.39, 0.29) is 17.1 Å². The van der Waals surface area contributed by atoms with Crippen LogP contribution in [-0.2, 0) is 9.53 Å². The van der Waals surface area contributed by atoms with Crippen molar-refractivity contribution in [3.05, 3.63) is 0 Å². The molecule has 1 unspecified atom stereocenters. The average molecular weight is 174 g/mol. The van der Waals surface area contributed by atoms with Crippen LogP contribution in [0.4, 0.5) is 0 Å². The molecule has 1 aliphatic heterocycles. The maximum absolute atomic E-state index is 11.1. The predicted molar refractivity (Wildman–Crippen MR) is 43.9 cm³/mol. The number of nitrogens with one attached hydrogen (secondary N) is 1. The second-order valence-corrected chi connectivity index (χ2v) is 2.79. The van der Waals surface area contributed by atoms with E-state index in [1.54, 1.807) is 0 Å². The molecule has 11 heavy (non-hydrogen) atoms. The number of rotatable bonds is 1. The van der Waals surface area contributed by atoms with Gasteiger partial charge in [0.15, 0.2) is 5.11 Å². The summed E-state index contributed by atoms with van der Waals surface area (Å²) in [4.78, 5) is 11.1. The van der Waals surface area contributed by atoms with Crippen molar-refractivity contribution in [2.75, 3.05) is 6.61 Å². The fourth-order valence-corrected chi connectivity index (χ4v) is 1.09. The van der Waals surface area contributed by atoms with E-state index in [0.717, 1.165) is 12.8 Å². The van der Waals surface area contributed by atoms with Crippen molar-refractivity contribution in [1.29, 1.82) is 0 Å². The van der Waals surface area contributed by atoms with Gasteiger partial charge in [-0.15, -0.1) is 0 Å².